The molecule has 27 heavy (non-hydrogen) atoms. The average molecular weight is 428 g/mol. The standard InChI is InChI=1S/C19H18BrN5O2/c1-13-22-18(23-27-13)14-6-7-17(21-12-14)24-8-10-25(11-9-24)19(26)15-4-2-3-5-16(15)20/h2-7,12H,8-11H2,1H3. The predicted molar refractivity (Wildman–Crippen MR) is 105 cm³/mol. The normalized spacial score (nSPS) is 14.4. The lowest BCUT2D eigenvalue weighted by Crippen LogP contribution is -2.49. The van der Waals surface area contributed by atoms with Crippen LogP contribution in [-0.2, 0) is 0 Å². The van der Waals surface area contributed by atoms with Gasteiger partial charge in [0.05, 0.1) is 5.56 Å². The van der Waals surface area contributed by atoms with Crippen LogP contribution in [-0.4, -0.2) is 52.1 Å². The Bertz CT molecular complexity index is 949. The number of aromatic nitrogens is 3. The topological polar surface area (TPSA) is 75.4 Å². The summed E-state index contributed by atoms with van der Waals surface area (Å²) in [7, 11) is 0. The zero-order chi connectivity index (χ0) is 18.8. The van der Waals surface area contributed by atoms with Gasteiger partial charge in [0.25, 0.3) is 5.91 Å². The van der Waals surface area contributed by atoms with Gasteiger partial charge in [-0.25, -0.2) is 4.98 Å². The number of carbonyl (C=O) groups is 1. The first-order valence-corrected chi connectivity index (χ1v) is 9.46. The molecule has 1 fully saturated rings. The summed E-state index contributed by atoms with van der Waals surface area (Å²) < 4.78 is 5.83. The summed E-state index contributed by atoms with van der Waals surface area (Å²) in [6.07, 6.45) is 1.75. The van der Waals surface area contributed by atoms with Crippen molar-refractivity contribution in [3.05, 3.63) is 58.5 Å². The van der Waals surface area contributed by atoms with E-state index in [-0.39, 0.29) is 5.91 Å². The molecule has 1 aromatic carbocycles. The molecule has 0 bridgehead atoms. The Morgan fingerprint density at radius 3 is 2.52 bits per heavy atom. The van der Waals surface area contributed by atoms with E-state index in [0.29, 0.717) is 30.4 Å². The Hall–Kier alpha value is -2.74. The maximum Gasteiger partial charge on any atom is 0.255 e. The molecule has 138 valence electrons. The number of pyridine rings is 1. The van der Waals surface area contributed by atoms with Crippen molar-refractivity contribution in [3.63, 3.8) is 0 Å². The van der Waals surface area contributed by atoms with Crippen LogP contribution < -0.4 is 4.90 Å². The van der Waals surface area contributed by atoms with Gasteiger partial charge in [0.2, 0.25) is 11.7 Å². The SMILES string of the molecule is Cc1nc(-c2ccc(N3CCN(C(=O)c4ccccc4Br)CC3)nc2)no1. The molecular formula is C19H18BrN5O2. The lowest BCUT2D eigenvalue weighted by molar-refractivity contribution is 0.0745. The molecule has 0 N–H and O–H groups in total. The van der Waals surface area contributed by atoms with Crippen molar-refractivity contribution in [2.75, 3.05) is 31.1 Å². The van der Waals surface area contributed by atoms with Crippen molar-refractivity contribution in [2.45, 2.75) is 6.92 Å². The summed E-state index contributed by atoms with van der Waals surface area (Å²) in [6, 6.07) is 11.4. The second-order valence-corrected chi connectivity index (χ2v) is 7.16. The van der Waals surface area contributed by atoms with Crippen LogP contribution in [0.4, 0.5) is 5.82 Å². The molecule has 1 aliphatic heterocycles. The highest BCUT2D eigenvalue weighted by Crippen LogP contribution is 2.22. The van der Waals surface area contributed by atoms with Crippen LogP contribution in [0.15, 0.2) is 51.6 Å². The predicted octanol–water partition coefficient (Wildman–Crippen LogP) is 3.16. The molecule has 0 spiro atoms. The van der Waals surface area contributed by atoms with Crippen LogP contribution >= 0.6 is 15.9 Å². The smallest absolute Gasteiger partial charge is 0.255 e. The minimum Gasteiger partial charge on any atom is -0.353 e. The highest BCUT2D eigenvalue weighted by Gasteiger charge is 2.24. The Morgan fingerprint density at radius 1 is 1.11 bits per heavy atom. The van der Waals surface area contributed by atoms with Crippen LogP contribution in [0, 0.1) is 6.92 Å². The van der Waals surface area contributed by atoms with Gasteiger partial charge in [0, 0.05) is 49.3 Å². The lowest BCUT2D eigenvalue weighted by atomic mass is 10.2. The number of anilines is 1. The fraction of sp³-hybridized carbons (Fsp3) is 0.263. The minimum absolute atomic E-state index is 0.0536. The molecule has 7 nitrogen and oxygen atoms in total. The van der Waals surface area contributed by atoms with Gasteiger partial charge in [-0.2, -0.15) is 4.98 Å². The quantitative estimate of drug-likeness (QED) is 0.638. The fourth-order valence-corrected chi connectivity index (χ4v) is 3.52. The van der Waals surface area contributed by atoms with Crippen molar-refractivity contribution in [1.82, 2.24) is 20.0 Å². The summed E-state index contributed by atoms with van der Waals surface area (Å²) in [4.78, 5) is 25.5. The molecule has 4 rings (SSSR count). The van der Waals surface area contributed by atoms with E-state index in [4.69, 9.17) is 4.52 Å². The third-order valence-electron chi connectivity index (χ3n) is 4.53. The van der Waals surface area contributed by atoms with Crippen molar-refractivity contribution >= 4 is 27.7 Å². The third kappa shape index (κ3) is 3.71. The summed E-state index contributed by atoms with van der Waals surface area (Å²) in [5.41, 5.74) is 1.52. The number of rotatable bonds is 3. The third-order valence-corrected chi connectivity index (χ3v) is 5.22. The van der Waals surface area contributed by atoms with E-state index in [1.807, 2.05) is 41.3 Å². The van der Waals surface area contributed by atoms with Crippen LogP contribution in [0.5, 0.6) is 0 Å². The van der Waals surface area contributed by atoms with E-state index in [2.05, 4.69) is 36.0 Å². The highest BCUT2D eigenvalue weighted by molar-refractivity contribution is 9.10. The maximum absolute atomic E-state index is 12.7. The van der Waals surface area contributed by atoms with Crippen LogP contribution in [0.2, 0.25) is 0 Å². The van der Waals surface area contributed by atoms with Gasteiger partial charge in [0.15, 0.2) is 0 Å². The lowest BCUT2D eigenvalue weighted by Gasteiger charge is -2.35. The molecule has 3 aromatic rings. The molecule has 0 aliphatic carbocycles. The van der Waals surface area contributed by atoms with E-state index >= 15 is 0 Å². The van der Waals surface area contributed by atoms with Crippen LogP contribution in [0.25, 0.3) is 11.4 Å². The number of amides is 1. The van der Waals surface area contributed by atoms with Crippen molar-refractivity contribution in [2.24, 2.45) is 0 Å². The van der Waals surface area contributed by atoms with Crippen molar-refractivity contribution < 1.29 is 9.32 Å². The number of piperazine rings is 1. The average Bonchev–Trinajstić information content (AvgIpc) is 3.14. The number of carbonyl (C=O) groups excluding carboxylic acids is 1. The molecule has 3 heterocycles. The largest absolute Gasteiger partial charge is 0.353 e. The molecule has 1 aliphatic rings. The number of aryl methyl sites for hydroxylation is 1. The van der Waals surface area contributed by atoms with Gasteiger partial charge in [-0.15, -0.1) is 0 Å². The minimum atomic E-state index is 0.0536. The monoisotopic (exact) mass is 427 g/mol. The molecule has 0 atom stereocenters. The highest BCUT2D eigenvalue weighted by atomic mass is 79.9. The van der Waals surface area contributed by atoms with Crippen molar-refractivity contribution in [3.8, 4) is 11.4 Å². The Labute approximate surface area is 165 Å². The van der Waals surface area contributed by atoms with Gasteiger partial charge in [-0.1, -0.05) is 17.3 Å². The van der Waals surface area contributed by atoms with E-state index < -0.39 is 0 Å². The summed E-state index contributed by atoms with van der Waals surface area (Å²) >= 11 is 3.45. The van der Waals surface area contributed by atoms with Gasteiger partial charge in [-0.05, 0) is 40.2 Å². The molecule has 0 radical (unpaired) electrons. The zero-order valence-corrected chi connectivity index (χ0v) is 16.4. The molecule has 0 unspecified atom stereocenters. The fourth-order valence-electron chi connectivity index (χ4n) is 3.07. The first-order chi connectivity index (χ1) is 13.1. The Morgan fingerprint density at radius 2 is 1.89 bits per heavy atom. The van der Waals surface area contributed by atoms with Gasteiger partial charge in [-0.3, -0.25) is 4.79 Å². The van der Waals surface area contributed by atoms with Crippen molar-refractivity contribution in [1.29, 1.82) is 0 Å². The van der Waals surface area contributed by atoms with E-state index in [0.717, 1.165) is 28.9 Å². The first kappa shape index (κ1) is 17.7. The Kier molecular flexibility index (Phi) is 4.89. The number of hydrogen-bond acceptors (Lipinski definition) is 6. The van der Waals surface area contributed by atoms with E-state index in [9.17, 15) is 4.79 Å². The number of hydrogen-bond donors (Lipinski definition) is 0. The molecule has 1 saturated heterocycles. The molecule has 8 heteroatoms. The van der Waals surface area contributed by atoms with Gasteiger partial charge < -0.3 is 14.3 Å². The van der Waals surface area contributed by atoms with Gasteiger partial charge in [0.1, 0.15) is 5.82 Å². The molecule has 0 saturated carbocycles. The summed E-state index contributed by atoms with van der Waals surface area (Å²) in [6.45, 7) is 4.56. The number of benzene rings is 1. The van der Waals surface area contributed by atoms with E-state index in [1.54, 1.807) is 13.1 Å². The Balaban J connectivity index is 1.40. The second kappa shape index (κ2) is 7.48. The second-order valence-electron chi connectivity index (χ2n) is 6.30. The van der Waals surface area contributed by atoms with E-state index in [1.165, 1.54) is 0 Å². The molecular weight excluding hydrogens is 410 g/mol. The molecule has 2 aromatic heterocycles. The maximum atomic E-state index is 12.7. The molecule has 1 amide bonds. The van der Waals surface area contributed by atoms with Crippen LogP contribution in [0.1, 0.15) is 16.2 Å². The summed E-state index contributed by atoms with van der Waals surface area (Å²) in [5, 5.41) is 3.91. The number of halogens is 1. The first-order valence-electron chi connectivity index (χ1n) is 8.67. The number of nitrogens with zero attached hydrogens (tertiary/aromatic N) is 5. The van der Waals surface area contributed by atoms with Gasteiger partial charge >= 0.3 is 0 Å². The summed E-state index contributed by atoms with van der Waals surface area (Å²) in [5.74, 6) is 2.00. The van der Waals surface area contributed by atoms with Crippen LogP contribution in [0.3, 0.4) is 0 Å². The zero-order valence-electron chi connectivity index (χ0n) is 14.8.